The average Bonchev–Trinajstić information content (AvgIpc) is 2.88. The van der Waals surface area contributed by atoms with E-state index in [9.17, 15) is 14.4 Å². The van der Waals surface area contributed by atoms with Gasteiger partial charge in [-0.3, -0.25) is 9.59 Å². The number of carbonyl (C=O) groups is 3. The van der Waals surface area contributed by atoms with Gasteiger partial charge in [-0.2, -0.15) is 0 Å². The second-order valence-electron chi connectivity index (χ2n) is 7.57. The number of ketones is 1. The molecule has 0 aliphatic heterocycles. The largest absolute Gasteiger partial charge is 0.454 e. The van der Waals surface area contributed by atoms with Crippen molar-refractivity contribution in [2.45, 2.75) is 0 Å². The molecule has 0 heterocycles. The molecule has 0 saturated heterocycles. The monoisotopic (exact) mass is 503 g/mol. The van der Waals surface area contributed by atoms with Crippen LogP contribution in [0.5, 0.6) is 0 Å². The van der Waals surface area contributed by atoms with Gasteiger partial charge in [0, 0.05) is 10.6 Å². The maximum Gasteiger partial charge on any atom is 0.340 e. The fourth-order valence-corrected chi connectivity index (χ4v) is 3.90. The number of rotatable bonds is 7. The Hall–Kier alpha value is -3.93. The van der Waals surface area contributed by atoms with Crippen molar-refractivity contribution in [3.63, 3.8) is 0 Å². The summed E-state index contributed by atoms with van der Waals surface area (Å²) in [6.45, 7) is -0.436. The molecular formula is C28H19Cl2NO4. The maximum absolute atomic E-state index is 12.7. The lowest BCUT2D eigenvalue weighted by molar-refractivity contribution is 0.0475. The van der Waals surface area contributed by atoms with Crippen molar-refractivity contribution in [3.05, 3.63) is 124 Å². The summed E-state index contributed by atoms with van der Waals surface area (Å²) in [6.07, 6.45) is 0. The Labute approximate surface area is 212 Å². The number of hydrogen-bond acceptors (Lipinski definition) is 4. The van der Waals surface area contributed by atoms with Crippen molar-refractivity contribution in [1.29, 1.82) is 0 Å². The number of benzene rings is 4. The van der Waals surface area contributed by atoms with E-state index in [-0.39, 0.29) is 27.6 Å². The van der Waals surface area contributed by atoms with Crippen LogP contribution in [0.15, 0.2) is 97.1 Å². The zero-order chi connectivity index (χ0) is 24.8. The van der Waals surface area contributed by atoms with Crippen LogP contribution in [0, 0.1) is 0 Å². The number of Topliss-reactive ketones (excluding diaryl/α,β-unsaturated/α-hetero) is 1. The van der Waals surface area contributed by atoms with Crippen LogP contribution in [-0.2, 0) is 4.74 Å². The molecule has 0 fully saturated rings. The van der Waals surface area contributed by atoms with Gasteiger partial charge in [0.05, 0.1) is 21.8 Å². The summed E-state index contributed by atoms with van der Waals surface area (Å²) < 4.78 is 5.24. The van der Waals surface area contributed by atoms with Gasteiger partial charge >= 0.3 is 5.97 Å². The van der Waals surface area contributed by atoms with E-state index in [1.54, 1.807) is 36.4 Å². The number of esters is 1. The van der Waals surface area contributed by atoms with Crippen LogP contribution in [0.4, 0.5) is 5.69 Å². The van der Waals surface area contributed by atoms with Gasteiger partial charge in [0.15, 0.2) is 12.4 Å². The minimum absolute atomic E-state index is 0.109. The summed E-state index contributed by atoms with van der Waals surface area (Å²) in [5, 5.41) is 3.23. The Morgan fingerprint density at radius 3 is 2.09 bits per heavy atom. The molecule has 5 nitrogen and oxygen atoms in total. The number of anilines is 1. The average molecular weight is 504 g/mol. The lowest BCUT2D eigenvalue weighted by Crippen LogP contribution is -2.18. The summed E-state index contributed by atoms with van der Waals surface area (Å²) in [4.78, 5) is 37.9. The molecule has 0 spiro atoms. The number of ether oxygens (including phenoxy) is 1. The molecule has 7 heteroatoms. The third-order valence-corrected chi connectivity index (χ3v) is 5.77. The molecule has 0 aliphatic rings. The highest BCUT2D eigenvalue weighted by atomic mass is 35.5. The fraction of sp³-hybridized carbons (Fsp3) is 0.0357. The second-order valence-corrected chi connectivity index (χ2v) is 8.41. The first kappa shape index (κ1) is 24.2. The Bertz CT molecular complexity index is 1390. The lowest BCUT2D eigenvalue weighted by Gasteiger charge is -2.12. The molecule has 1 N–H and O–H groups in total. The normalized spacial score (nSPS) is 10.5. The minimum Gasteiger partial charge on any atom is -0.454 e. The summed E-state index contributed by atoms with van der Waals surface area (Å²) in [5.74, 6) is -1.59. The van der Waals surface area contributed by atoms with E-state index in [0.717, 1.165) is 11.1 Å². The van der Waals surface area contributed by atoms with Gasteiger partial charge in [0.2, 0.25) is 0 Å². The lowest BCUT2D eigenvalue weighted by atomic mass is 10.0. The maximum atomic E-state index is 12.7. The van der Waals surface area contributed by atoms with Crippen molar-refractivity contribution >= 4 is 46.5 Å². The van der Waals surface area contributed by atoms with Gasteiger partial charge in [-0.1, -0.05) is 89.9 Å². The van der Waals surface area contributed by atoms with Crippen molar-refractivity contribution in [3.8, 4) is 11.1 Å². The first-order valence-corrected chi connectivity index (χ1v) is 11.4. The van der Waals surface area contributed by atoms with E-state index >= 15 is 0 Å². The highest BCUT2D eigenvalue weighted by Crippen LogP contribution is 2.24. The molecule has 0 radical (unpaired) electrons. The zero-order valence-corrected chi connectivity index (χ0v) is 19.8. The van der Waals surface area contributed by atoms with Crippen LogP contribution in [0.25, 0.3) is 11.1 Å². The smallest absolute Gasteiger partial charge is 0.340 e. The number of nitrogens with one attached hydrogen (secondary N) is 1. The molecule has 0 atom stereocenters. The molecule has 35 heavy (non-hydrogen) atoms. The molecule has 4 rings (SSSR count). The van der Waals surface area contributed by atoms with Crippen LogP contribution < -0.4 is 5.32 Å². The van der Waals surface area contributed by atoms with Gasteiger partial charge in [-0.15, -0.1) is 0 Å². The molecule has 0 bridgehead atoms. The van der Waals surface area contributed by atoms with E-state index in [1.165, 1.54) is 18.2 Å². The predicted molar refractivity (Wildman–Crippen MR) is 137 cm³/mol. The number of halogens is 2. The first-order chi connectivity index (χ1) is 16.9. The number of para-hydroxylation sites is 1. The van der Waals surface area contributed by atoms with Crippen molar-refractivity contribution in [2.75, 3.05) is 11.9 Å². The topological polar surface area (TPSA) is 72.5 Å². The third-order valence-electron chi connectivity index (χ3n) is 5.22. The van der Waals surface area contributed by atoms with Crippen molar-refractivity contribution in [2.24, 2.45) is 0 Å². The van der Waals surface area contributed by atoms with Gasteiger partial charge in [0.25, 0.3) is 5.91 Å². The molecule has 174 valence electrons. The van der Waals surface area contributed by atoms with Crippen LogP contribution in [0.3, 0.4) is 0 Å². The SMILES string of the molecule is O=C(COC(=O)c1ccccc1NC(=O)c1ccc(Cl)cc1Cl)c1ccc(-c2ccccc2)cc1. The van der Waals surface area contributed by atoms with Crippen molar-refractivity contribution in [1.82, 2.24) is 0 Å². The molecule has 0 aliphatic carbocycles. The molecule has 4 aromatic rings. The van der Waals surface area contributed by atoms with Gasteiger partial charge in [-0.05, 0) is 41.5 Å². The summed E-state index contributed by atoms with van der Waals surface area (Å²) in [5.41, 5.74) is 2.98. The van der Waals surface area contributed by atoms with E-state index in [2.05, 4.69) is 5.32 Å². The molecule has 0 unspecified atom stereocenters. The minimum atomic E-state index is -0.739. The first-order valence-electron chi connectivity index (χ1n) is 10.6. The Morgan fingerprint density at radius 2 is 1.37 bits per heavy atom. The van der Waals surface area contributed by atoms with Gasteiger partial charge < -0.3 is 10.1 Å². The summed E-state index contributed by atoms with van der Waals surface area (Å²) in [6, 6.07) is 27.7. The van der Waals surface area contributed by atoms with Crippen LogP contribution in [-0.4, -0.2) is 24.3 Å². The van der Waals surface area contributed by atoms with Gasteiger partial charge in [-0.25, -0.2) is 4.79 Å². The molecule has 0 saturated carbocycles. The van der Waals surface area contributed by atoms with E-state index < -0.39 is 18.5 Å². The Balaban J connectivity index is 1.41. The molecular weight excluding hydrogens is 485 g/mol. The molecule has 4 aromatic carbocycles. The Morgan fingerprint density at radius 1 is 0.714 bits per heavy atom. The van der Waals surface area contributed by atoms with Gasteiger partial charge in [0.1, 0.15) is 0 Å². The van der Waals surface area contributed by atoms with Crippen LogP contribution in [0.2, 0.25) is 10.0 Å². The number of amides is 1. The number of carbonyl (C=O) groups excluding carboxylic acids is 3. The summed E-state index contributed by atoms with van der Waals surface area (Å²) >= 11 is 12.0. The van der Waals surface area contributed by atoms with Crippen molar-refractivity contribution < 1.29 is 19.1 Å². The van der Waals surface area contributed by atoms with Crippen LogP contribution >= 0.6 is 23.2 Å². The molecule has 1 amide bonds. The highest BCUT2D eigenvalue weighted by molar-refractivity contribution is 6.37. The van der Waals surface area contributed by atoms with E-state index in [1.807, 2.05) is 42.5 Å². The quantitative estimate of drug-likeness (QED) is 0.218. The second kappa shape index (κ2) is 11.0. The fourth-order valence-electron chi connectivity index (χ4n) is 3.40. The molecule has 0 aromatic heterocycles. The summed E-state index contributed by atoms with van der Waals surface area (Å²) in [7, 11) is 0. The number of hydrogen-bond donors (Lipinski definition) is 1. The highest BCUT2D eigenvalue weighted by Gasteiger charge is 2.18. The predicted octanol–water partition coefficient (Wildman–Crippen LogP) is 6.95. The van der Waals surface area contributed by atoms with E-state index in [0.29, 0.717) is 10.6 Å². The Kier molecular flexibility index (Phi) is 7.60. The standard InChI is InChI=1S/C28H19Cl2NO4/c29-21-14-15-22(24(30)16-21)27(33)31-25-9-5-4-8-23(25)28(34)35-17-26(32)20-12-10-19(11-13-20)18-6-2-1-3-7-18/h1-16H,17H2,(H,31,33). The van der Waals surface area contributed by atoms with Crippen LogP contribution in [0.1, 0.15) is 31.1 Å². The van der Waals surface area contributed by atoms with E-state index in [4.69, 9.17) is 27.9 Å². The third kappa shape index (κ3) is 5.96. The zero-order valence-electron chi connectivity index (χ0n) is 18.3.